The van der Waals surface area contributed by atoms with E-state index >= 15 is 0 Å². The monoisotopic (exact) mass is 578 g/mol. The van der Waals surface area contributed by atoms with Crippen molar-refractivity contribution in [2.45, 2.75) is 10.3 Å². The van der Waals surface area contributed by atoms with E-state index in [-0.39, 0.29) is 3.42 Å². The van der Waals surface area contributed by atoms with Crippen molar-refractivity contribution in [1.29, 1.82) is 0 Å². The molecular weight excluding hydrogens is 551 g/mol. The Morgan fingerprint density at radius 2 is 0.972 bits per heavy atom. The van der Waals surface area contributed by atoms with E-state index in [1.54, 1.807) is 0 Å². The number of anilines is 5. The Balaban J connectivity index is 1.33. The summed E-state index contributed by atoms with van der Waals surface area (Å²) in [7, 11) is 2.15. The third-order valence-corrected chi connectivity index (χ3v) is 8.31. The van der Waals surface area contributed by atoms with Crippen LogP contribution in [0, 0.1) is 0 Å². The lowest BCUT2D eigenvalue weighted by atomic mass is 9.98. The lowest BCUT2D eigenvalue weighted by molar-refractivity contribution is -0.463. The second-order valence-corrected chi connectivity index (χ2v) is 11.5. The van der Waals surface area contributed by atoms with Gasteiger partial charge in [-0.25, -0.2) is 0 Å². The topological polar surface area (TPSA) is 6.48 Å². The van der Waals surface area contributed by atoms with Gasteiger partial charge >= 0.3 is 0 Å². The van der Waals surface area contributed by atoms with Gasteiger partial charge in [-0.3, -0.25) is 0 Å². The Hall–Kier alpha value is -3.57. The van der Waals surface area contributed by atoms with Crippen molar-refractivity contribution in [3.63, 3.8) is 0 Å². The van der Waals surface area contributed by atoms with Crippen LogP contribution in [0.5, 0.6) is 0 Å². The van der Waals surface area contributed by atoms with E-state index in [1.807, 2.05) is 0 Å². The molecule has 0 aliphatic heterocycles. The molecule has 1 radical (unpaired) electrons. The fourth-order valence-electron chi connectivity index (χ4n) is 5.21. The summed E-state index contributed by atoms with van der Waals surface area (Å²) >= 11 is 2.60. The smallest absolute Gasteiger partial charge is 0.0463 e. The summed E-state index contributed by atoms with van der Waals surface area (Å²) in [6, 6.07) is 45.5. The molecule has 0 amide bonds. The van der Waals surface area contributed by atoms with E-state index in [9.17, 15) is 0 Å². The van der Waals surface area contributed by atoms with Crippen molar-refractivity contribution in [3.05, 3.63) is 139 Å². The summed E-state index contributed by atoms with van der Waals surface area (Å²) in [4.78, 5) is 4.56. The molecule has 1 unspecified atom stereocenters. The molecule has 0 N–H and O–H groups in total. The SMILES string of the molecule is CN(c1ccc(N(c2ccccc2)c2ccccc2)cc1)c1ccc2c(c1)C(C)([I-])c1ccccc1-2. The molecule has 0 bridgehead atoms. The molecule has 5 aromatic rings. The van der Waals surface area contributed by atoms with Crippen LogP contribution in [0.25, 0.3) is 11.1 Å². The summed E-state index contributed by atoms with van der Waals surface area (Å²) in [6.07, 6.45) is 0. The first kappa shape index (κ1) is 22.9. The van der Waals surface area contributed by atoms with Crippen LogP contribution in [0.3, 0.4) is 0 Å². The molecule has 2 nitrogen and oxygen atoms in total. The van der Waals surface area contributed by atoms with Gasteiger partial charge in [0.15, 0.2) is 0 Å². The number of hydrogen-bond donors (Lipinski definition) is 0. The van der Waals surface area contributed by atoms with Gasteiger partial charge in [-0.05, 0) is 71.8 Å². The first-order valence-corrected chi connectivity index (χ1v) is 13.3. The van der Waals surface area contributed by atoms with Gasteiger partial charge in [0.05, 0.1) is 0 Å². The van der Waals surface area contributed by atoms with E-state index in [1.165, 1.54) is 27.9 Å². The standard InChI is InChI=1S/C33H27IN2/c1-33(34)31-16-10-9-15-29(31)30-22-21-28(23-32(30)33)35(2)24-17-19-27(20-18-24)36(25-11-5-3-6-12-25)26-13-7-4-8-14-26/h3-23H,1-2H3/q-1. The highest BCUT2D eigenvalue weighted by atomic mass is 127. The van der Waals surface area contributed by atoms with E-state index in [2.05, 4.69) is 174 Å². The van der Waals surface area contributed by atoms with Crippen molar-refractivity contribution >= 4 is 28.4 Å². The van der Waals surface area contributed by atoms with Gasteiger partial charge in [0.2, 0.25) is 0 Å². The lowest BCUT2D eigenvalue weighted by Gasteiger charge is -2.35. The van der Waals surface area contributed by atoms with Crippen molar-refractivity contribution in [3.8, 4) is 11.1 Å². The minimum Gasteiger partial charge on any atom is -0.780 e. The largest absolute Gasteiger partial charge is 0.780 e. The number of halogens is 1. The van der Waals surface area contributed by atoms with Gasteiger partial charge in [0.25, 0.3) is 0 Å². The zero-order valence-corrected chi connectivity index (χ0v) is 22.6. The normalized spacial score (nSPS) is 15.8. The maximum atomic E-state index is 2.60. The number of fused-ring (bicyclic) bond motifs is 3. The van der Waals surface area contributed by atoms with Crippen LogP contribution in [0.2, 0.25) is 0 Å². The Morgan fingerprint density at radius 1 is 0.500 bits per heavy atom. The average Bonchev–Trinajstić information content (AvgIpc) is 3.16. The van der Waals surface area contributed by atoms with Gasteiger partial charge < -0.3 is 32.4 Å². The average molecular weight is 578 g/mol. The highest BCUT2D eigenvalue weighted by Gasteiger charge is 2.29. The predicted octanol–water partition coefficient (Wildman–Crippen LogP) is 5.72. The number of rotatable bonds is 5. The van der Waals surface area contributed by atoms with E-state index in [0.29, 0.717) is 0 Å². The Labute approximate surface area is 227 Å². The fraction of sp³-hybridized carbons (Fsp3) is 0.0909. The van der Waals surface area contributed by atoms with Crippen LogP contribution in [0.1, 0.15) is 18.1 Å². The number of alkyl halides is 1. The molecule has 1 aliphatic carbocycles. The third kappa shape index (κ3) is 3.88. The van der Waals surface area contributed by atoms with Crippen molar-refractivity contribution < 1.29 is 22.6 Å². The van der Waals surface area contributed by atoms with Crippen LogP contribution < -0.4 is 32.4 Å². The maximum absolute atomic E-state index is 2.60. The summed E-state index contributed by atoms with van der Waals surface area (Å²) in [6.45, 7) is 2.32. The Bertz CT molecular complexity index is 1470. The first-order chi connectivity index (χ1) is 17.5. The number of hydrogen-bond acceptors (Lipinski definition) is 2. The number of nitrogens with zero attached hydrogens (tertiary/aromatic N) is 2. The molecule has 36 heavy (non-hydrogen) atoms. The quantitative estimate of drug-likeness (QED) is 0.195. The molecule has 1 aliphatic rings. The molecule has 177 valence electrons. The maximum Gasteiger partial charge on any atom is 0.0463 e. The molecule has 0 saturated heterocycles. The lowest BCUT2D eigenvalue weighted by Crippen LogP contribution is -3.41. The third-order valence-electron chi connectivity index (χ3n) is 7.14. The summed E-state index contributed by atoms with van der Waals surface area (Å²) in [5.41, 5.74) is 11.2. The van der Waals surface area contributed by atoms with Crippen LogP contribution in [-0.2, 0) is 3.42 Å². The van der Waals surface area contributed by atoms with E-state index in [4.69, 9.17) is 0 Å². The predicted molar refractivity (Wildman–Crippen MR) is 148 cm³/mol. The first-order valence-electron chi connectivity index (χ1n) is 12.2. The van der Waals surface area contributed by atoms with Crippen LogP contribution in [-0.4, -0.2) is 7.05 Å². The molecule has 0 fully saturated rings. The molecule has 0 aromatic heterocycles. The number of benzene rings is 5. The highest BCUT2D eigenvalue weighted by molar-refractivity contribution is 5.83. The van der Waals surface area contributed by atoms with Gasteiger partial charge in [-0.15, -0.1) is 0 Å². The summed E-state index contributed by atoms with van der Waals surface area (Å²) in [5.74, 6) is 0. The minimum atomic E-state index is -0.0315. The number of para-hydroxylation sites is 2. The van der Waals surface area contributed by atoms with Crippen LogP contribution in [0.15, 0.2) is 127 Å². The molecule has 0 spiro atoms. The van der Waals surface area contributed by atoms with E-state index < -0.39 is 0 Å². The second kappa shape index (κ2) is 9.14. The molecular formula is C33H27IN2-. The Morgan fingerprint density at radius 3 is 1.61 bits per heavy atom. The van der Waals surface area contributed by atoms with Crippen LogP contribution >= 0.6 is 0 Å². The van der Waals surface area contributed by atoms with Gasteiger partial charge in [-0.2, -0.15) is 0 Å². The van der Waals surface area contributed by atoms with Gasteiger partial charge in [0, 0.05) is 35.5 Å². The Kier molecular flexibility index (Phi) is 5.81. The van der Waals surface area contributed by atoms with Gasteiger partial charge in [-0.1, -0.05) is 88.2 Å². The van der Waals surface area contributed by atoms with Crippen molar-refractivity contribution in [2.75, 3.05) is 16.8 Å². The van der Waals surface area contributed by atoms with Crippen LogP contribution in [0.4, 0.5) is 28.4 Å². The zero-order chi connectivity index (χ0) is 24.7. The fourth-order valence-corrected chi connectivity index (χ4v) is 6.13. The molecule has 3 heteroatoms. The molecule has 0 heterocycles. The molecule has 6 rings (SSSR count). The summed E-state index contributed by atoms with van der Waals surface area (Å²) in [5, 5.41) is 0. The van der Waals surface area contributed by atoms with Gasteiger partial charge in [0.1, 0.15) is 0 Å². The molecule has 1 atom stereocenters. The summed E-state index contributed by atoms with van der Waals surface area (Å²) < 4.78 is -0.0315. The molecule has 0 saturated carbocycles. The zero-order valence-electron chi connectivity index (χ0n) is 20.4. The highest BCUT2D eigenvalue weighted by Crippen LogP contribution is 2.45. The molecule has 5 aromatic carbocycles. The minimum absolute atomic E-state index is 0.0315. The van der Waals surface area contributed by atoms with Crippen molar-refractivity contribution in [1.82, 2.24) is 0 Å². The second-order valence-electron chi connectivity index (χ2n) is 9.36. The van der Waals surface area contributed by atoms with E-state index in [0.717, 1.165) is 22.7 Å². The van der Waals surface area contributed by atoms with Crippen molar-refractivity contribution in [2.24, 2.45) is 0 Å².